The third-order valence-corrected chi connectivity index (χ3v) is 11.2. The molecule has 0 rings (SSSR count). The molecule has 0 spiro atoms. The summed E-state index contributed by atoms with van der Waals surface area (Å²) in [5.41, 5.74) is 0. The van der Waals surface area contributed by atoms with Gasteiger partial charge in [-0.05, 0) is 25.2 Å². The van der Waals surface area contributed by atoms with E-state index < -0.39 is 6.10 Å². The third-order valence-electron chi connectivity index (χ3n) is 11.2. The zero-order chi connectivity index (χ0) is 39.6. The average Bonchev–Trinajstić information content (AvgIpc) is 3.17. The number of carbonyl (C=O) groups is 3. The lowest BCUT2D eigenvalue weighted by molar-refractivity contribution is -0.167. The minimum Gasteiger partial charge on any atom is -0.462 e. The summed E-state index contributed by atoms with van der Waals surface area (Å²) in [7, 11) is 0. The highest BCUT2D eigenvalue weighted by molar-refractivity contribution is 5.71. The van der Waals surface area contributed by atoms with Gasteiger partial charge in [0.15, 0.2) is 6.10 Å². The van der Waals surface area contributed by atoms with Gasteiger partial charge < -0.3 is 14.2 Å². The lowest BCUT2D eigenvalue weighted by Gasteiger charge is -2.18. The van der Waals surface area contributed by atoms with Gasteiger partial charge in [0.1, 0.15) is 13.2 Å². The summed E-state index contributed by atoms with van der Waals surface area (Å²) in [5, 5.41) is 0. The summed E-state index contributed by atoms with van der Waals surface area (Å²) < 4.78 is 16.7. The molecule has 6 nitrogen and oxygen atoms in total. The smallest absolute Gasteiger partial charge is 0.306 e. The summed E-state index contributed by atoms with van der Waals surface area (Å²) in [5.74, 6) is -0.00739. The molecule has 0 bridgehead atoms. The summed E-state index contributed by atoms with van der Waals surface area (Å²) in [4.78, 5) is 37.8. The Balaban J connectivity index is 4.33. The van der Waals surface area contributed by atoms with Gasteiger partial charge in [0.05, 0.1) is 0 Å². The molecule has 54 heavy (non-hydrogen) atoms. The van der Waals surface area contributed by atoms with Crippen molar-refractivity contribution in [3.63, 3.8) is 0 Å². The molecular formula is C48H92O6. The predicted molar refractivity (Wildman–Crippen MR) is 229 cm³/mol. The molecule has 0 aliphatic carbocycles. The molecule has 0 aromatic carbocycles. The lowest BCUT2D eigenvalue weighted by Crippen LogP contribution is -2.30. The summed E-state index contributed by atoms with van der Waals surface area (Å²) in [6.07, 6.45) is 42.2. The van der Waals surface area contributed by atoms with E-state index in [4.69, 9.17) is 14.2 Å². The fourth-order valence-corrected chi connectivity index (χ4v) is 7.12. The maximum absolute atomic E-state index is 12.7. The first-order valence-corrected chi connectivity index (χ1v) is 23.9. The van der Waals surface area contributed by atoms with Crippen LogP contribution in [0.2, 0.25) is 0 Å². The Morgan fingerprint density at radius 2 is 0.648 bits per heavy atom. The second kappa shape index (κ2) is 42.6. The largest absolute Gasteiger partial charge is 0.462 e. The van der Waals surface area contributed by atoms with Crippen LogP contribution in [0.3, 0.4) is 0 Å². The van der Waals surface area contributed by atoms with Crippen molar-refractivity contribution in [1.29, 1.82) is 0 Å². The fraction of sp³-hybridized carbons (Fsp3) is 0.938. The molecule has 0 saturated heterocycles. The van der Waals surface area contributed by atoms with Crippen molar-refractivity contribution < 1.29 is 28.6 Å². The highest BCUT2D eigenvalue weighted by Gasteiger charge is 2.19. The van der Waals surface area contributed by atoms with Crippen LogP contribution in [0, 0.1) is 5.92 Å². The standard InChI is InChI=1S/C48H92O6/c1-5-8-10-12-14-16-18-19-21-23-28-32-36-40-47(50)53-43-45(42-52-46(49)39-35-31-27-22-20-17-15-13-11-9-6-2)54-48(51)41-37-33-29-25-24-26-30-34-38-44(4)7-3/h44-45H,5-43H2,1-4H3/t44?,45-/m1/s1. The van der Waals surface area contributed by atoms with Gasteiger partial charge in [-0.1, -0.05) is 227 Å². The molecule has 0 heterocycles. The molecule has 6 heteroatoms. The maximum Gasteiger partial charge on any atom is 0.306 e. The minimum atomic E-state index is -0.759. The van der Waals surface area contributed by atoms with Crippen LogP contribution in [0.15, 0.2) is 0 Å². The number of esters is 3. The van der Waals surface area contributed by atoms with E-state index in [1.165, 1.54) is 161 Å². The van der Waals surface area contributed by atoms with E-state index in [1.807, 2.05) is 0 Å². The molecular weight excluding hydrogens is 673 g/mol. The SMILES string of the molecule is CCCCCCCCCCCCCCCC(=O)OC[C@@H](COC(=O)CCCCCCCCCCCCC)OC(=O)CCCCCCCCCCC(C)CC. The Kier molecular flexibility index (Phi) is 41.3. The number of carbonyl (C=O) groups excluding carboxylic acids is 3. The highest BCUT2D eigenvalue weighted by Crippen LogP contribution is 2.17. The molecule has 0 saturated carbocycles. The molecule has 2 atom stereocenters. The van der Waals surface area contributed by atoms with E-state index >= 15 is 0 Å². The van der Waals surface area contributed by atoms with E-state index in [0.717, 1.165) is 63.7 Å². The molecule has 0 aliphatic heterocycles. The number of hydrogen-bond donors (Lipinski definition) is 0. The van der Waals surface area contributed by atoms with Gasteiger partial charge in [-0.25, -0.2) is 0 Å². The van der Waals surface area contributed by atoms with E-state index in [0.29, 0.717) is 19.3 Å². The number of ether oxygens (including phenoxy) is 3. The molecule has 0 amide bonds. The molecule has 0 radical (unpaired) electrons. The van der Waals surface area contributed by atoms with Crippen molar-refractivity contribution in [3.05, 3.63) is 0 Å². The van der Waals surface area contributed by atoms with Crippen molar-refractivity contribution >= 4 is 17.9 Å². The number of hydrogen-bond acceptors (Lipinski definition) is 6. The first-order valence-electron chi connectivity index (χ1n) is 23.9. The van der Waals surface area contributed by atoms with Crippen LogP contribution in [0.5, 0.6) is 0 Å². The summed E-state index contributed by atoms with van der Waals surface area (Å²) in [6, 6.07) is 0. The van der Waals surface area contributed by atoms with Gasteiger partial charge in [0, 0.05) is 19.3 Å². The maximum atomic E-state index is 12.7. The Labute approximate surface area is 336 Å². The lowest BCUT2D eigenvalue weighted by atomic mass is 9.99. The van der Waals surface area contributed by atoms with Crippen molar-refractivity contribution in [1.82, 2.24) is 0 Å². The van der Waals surface area contributed by atoms with E-state index in [2.05, 4.69) is 27.7 Å². The third kappa shape index (κ3) is 40.1. The first-order chi connectivity index (χ1) is 26.4. The second-order valence-electron chi connectivity index (χ2n) is 16.6. The normalized spacial score (nSPS) is 12.4. The van der Waals surface area contributed by atoms with Crippen molar-refractivity contribution in [2.75, 3.05) is 13.2 Å². The van der Waals surface area contributed by atoms with Crippen molar-refractivity contribution in [3.8, 4) is 0 Å². The molecule has 0 aromatic heterocycles. The van der Waals surface area contributed by atoms with Gasteiger partial charge in [-0.3, -0.25) is 14.4 Å². The van der Waals surface area contributed by atoms with Gasteiger partial charge in [-0.15, -0.1) is 0 Å². The van der Waals surface area contributed by atoms with Crippen molar-refractivity contribution in [2.45, 2.75) is 271 Å². The monoisotopic (exact) mass is 765 g/mol. The van der Waals surface area contributed by atoms with E-state index in [1.54, 1.807) is 0 Å². The molecule has 0 fully saturated rings. The van der Waals surface area contributed by atoms with E-state index in [-0.39, 0.29) is 31.1 Å². The fourth-order valence-electron chi connectivity index (χ4n) is 7.12. The van der Waals surface area contributed by atoms with Crippen LogP contribution >= 0.6 is 0 Å². The van der Waals surface area contributed by atoms with Gasteiger partial charge in [0.2, 0.25) is 0 Å². The van der Waals surface area contributed by atoms with Gasteiger partial charge >= 0.3 is 17.9 Å². The number of rotatable bonds is 43. The molecule has 0 N–H and O–H groups in total. The van der Waals surface area contributed by atoms with Crippen LogP contribution < -0.4 is 0 Å². The average molecular weight is 765 g/mol. The molecule has 320 valence electrons. The molecule has 1 unspecified atom stereocenters. The zero-order valence-corrected chi connectivity index (χ0v) is 36.7. The summed E-state index contributed by atoms with van der Waals surface area (Å²) in [6.45, 7) is 9.00. The predicted octanol–water partition coefficient (Wildman–Crippen LogP) is 15.1. The minimum absolute atomic E-state index is 0.0637. The van der Waals surface area contributed by atoms with Crippen LogP contribution in [-0.4, -0.2) is 37.2 Å². The van der Waals surface area contributed by atoms with Crippen LogP contribution in [0.1, 0.15) is 265 Å². The topological polar surface area (TPSA) is 78.9 Å². The second-order valence-corrected chi connectivity index (χ2v) is 16.6. The quantitative estimate of drug-likeness (QED) is 0.0349. The Bertz CT molecular complexity index is 813. The summed E-state index contributed by atoms with van der Waals surface area (Å²) >= 11 is 0. The van der Waals surface area contributed by atoms with Gasteiger partial charge in [-0.2, -0.15) is 0 Å². The first kappa shape index (κ1) is 52.4. The molecule has 0 aliphatic rings. The van der Waals surface area contributed by atoms with Crippen LogP contribution in [0.25, 0.3) is 0 Å². The van der Waals surface area contributed by atoms with Gasteiger partial charge in [0.25, 0.3) is 0 Å². The van der Waals surface area contributed by atoms with Crippen molar-refractivity contribution in [2.24, 2.45) is 5.92 Å². The van der Waals surface area contributed by atoms with E-state index in [9.17, 15) is 14.4 Å². The Morgan fingerprint density at radius 1 is 0.370 bits per heavy atom. The highest BCUT2D eigenvalue weighted by atomic mass is 16.6. The number of unbranched alkanes of at least 4 members (excludes halogenated alkanes) is 29. The Hall–Kier alpha value is -1.59. The van der Waals surface area contributed by atoms with Crippen LogP contribution in [-0.2, 0) is 28.6 Å². The zero-order valence-electron chi connectivity index (χ0n) is 36.7. The van der Waals surface area contributed by atoms with Crippen LogP contribution in [0.4, 0.5) is 0 Å². The molecule has 0 aromatic rings. The Morgan fingerprint density at radius 3 is 0.963 bits per heavy atom.